The van der Waals surface area contributed by atoms with Crippen LogP contribution < -0.4 is 11.1 Å². The van der Waals surface area contributed by atoms with Crippen molar-refractivity contribution in [3.8, 4) is 0 Å². The van der Waals surface area contributed by atoms with Crippen LogP contribution in [0.1, 0.15) is 18.9 Å². The van der Waals surface area contributed by atoms with Crippen molar-refractivity contribution in [2.24, 2.45) is 5.73 Å². The first-order chi connectivity index (χ1) is 8.24. The van der Waals surface area contributed by atoms with Gasteiger partial charge in [0.2, 0.25) is 5.91 Å². The van der Waals surface area contributed by atoms with E-state index in [9.17, 15) is 18.0 Å². The number of nitrogens with one attached hydrogen (secondary N) is 1. The van der Waals surface area contributed by atoms with Crippen molar-refractivity contribution in [3.05, 3.63) is 28.8 Å². The maximum atomic E-state index is 12.5. The molecule has 1 unspecified atom stereocenters. The molecule has 3 N–H and O–H groups in total. The fourth-order valence-electron chi connectivity index (χ4n) is 1.41. The molecule has 1 aromatic rings. The monoisotopic (exact) mass is 280 g/mol. The summed E-state index contributed by atoms with van der Waals surface area (Å²) in [6.07, 6.45) is -4.13. The second-order valence-corrected chi connectivity index (χ2v) is 4.17. The Kier molecular flexibility index (Phi) is 4.45. The Hall–Kier alpha value is -1.43. The van der Waals surface area contributed by atoms with Gasteiger partial charge in [-0.3, -0.25) is 4.79 Å². The minimum absolute atomic E-state index is 0.0633. The molecule has 0 bridgehead atoms. The predicted molar refractivity (Wildman–Crippen MR) is 63.4 cm³/mol. The molecule has 7 heteroatoms. The van der Waals surface area contributed by atoms with Crippen LogP contribution in [0.4, 0.5) is 18.9 Å². The Bertz CT molecular complexity index is 448. The van der Waals surface area contributed by atoms with Crippen LogP contribution in [0.3, 0.4) is 0 Å². The number of hydrogen-bond donors (Lipinski definition) is 2. The zero-order valence-corrected chi connectivity index (χ0v) is 10.3. The Balaban J connectivity index is 3.03. The van der Waals surface area contributed by atoms with Crippen LogP contribution in [0.5, 0.6) is 0 Å². The highest BCUT2D eigenvalue weighted by molar-refractivity contribution is 6.31. The molecule has 1 atom stereocenters. The van der Waals surface area contributed by atoms with Crippen LogP contribution in [-0.2, 0) is 11.0 Å². The number of alkyl halides is 3. The molecule has 1 amide bonds. The average molecular weight is 281 g/mol. The van der Waals surface area contributed by atoms with E-state index in [0.717, 1.165) is 12.1 Å². The van der Waals surface area contributed by atoms with Crippen LogP contribution in [0.15, 0.2) is 18.2 Å². The maximum Gasteiger partial charge on any atom is 0.416 e. The number of benzene rings is 1. The third kappa shape index (κ3) is 3.80. The number of amides is 1. The molecule has 0 aliphatic carbocycles. The molecular weight excluding hydrogens is 269 g/mol. The number of primary amides is 1. The highest BCUT2D eigenvalue weighted by Gasteiger charge is 2.31. The molecule has 0 aromatic heterocycles. The van der Waals surface area contributed by atoms with Crippen LogP contribution in [0.25, 0.3) is 0 Å². The van der Waals surface area contributed by atoms with E-state index in [-0.39, 0.29) is 10.7 Å². The van der Waals surface area contributed by atoms with Gasteiger partial charge in [0, 0.05) is 10.7 Å². The smallest absolute Gasteiger partial charge is 0.374 e. The lowest BCUT2D eigenvalue weighted by Gasteiger charge is -2.16. The second kappa shape index (κ2) is 5.48. The summed E-state index contributed by atoms with van der Waals surface area (Å²) in [6.45, 7) is 1.69. The summed E-state index contributed by atoms with van der Waals surface area (Å²) < 4.78 is 37.6. The van der Waals surface area contributed by atoms with Gasteiger partial charge in [0.25, 0.3) is 0 Å². The summed E-state index contributed by atoms with van der Waals surface area (Å²) in [5.74, 6) is -0.633. The van der Waals surface area contributed by atoms with Crippen LogP contribution in [0.2, 0.25) is 5.02 Å². The van der Waals surface area contributed by atoms with Crippen LogP contribution in [0, 0.1) is 0 Å². The normalized spacial score (nSPS) is 13.2. The molecule has 0 fully saturated rings. The average Bonchev–Trinajstić information content (AvgIpc) is 2.23. The van der Waals surface area contributed by atoms with E-state index in [4.69, 9.17) is 17.3 Å². The molecule has 0 saturated heterocycles. The first kappa shape index (κ1) is 14.6. The SMILES string of the molecule is CCC(Nc1cc(Cl)cc(C(F)(F)F)c1)C(N)=O. The largest absolute Gasteiger partial charge is 0.416 e. The second-order valence-electron chi connectivity index (χ2n) is 3.73. The molecule has 0 aliphatic rings. The molecule has 0 radical (unpaired) electrons. The minimum Gasteiger partial charge on any atom is -0.374 e. The molecule has 18 heavy (non-hydrogen) atoms. The lowest BCUT2D eigenvalue weighted by atomic mass is 10.1. The zero-order chi connectivity index (χ0) is 13.9. The van der Waals surface area contributed by atoms with E-state index >= 15 is 0 Å². The molecule has 3 nitrogen and oxygen atoms in total. The van der Waals surface area contributed by atoms with Crippen molar-refractivity contribution < 1.29 is 18.0 Å². The number of carbonyl (C=O) groups excluding carboxylic acids is 1. The van der Waals surface area contributed by atoms with Crippen molar-refractivity contribution in [3.63, 3.8) is 0 Å². The molecule has 1 aromatic carbocycles. The van der Waals surface area contributed by atoms with E-state index in [0.29, 0.717) is 6.42 Å². The lowest BCUT2D eigenvalue weighted by molar-refractivity contribution is -0.137. The first-order valence-corrected chi connectivity index (χ1v) is 5.55. The first-order valence-electron chi connectivity index (χ1n) is 5.17. The number of hydrogen-bond acceptors (Lipinski definition) is 2. The molecule has 0 heterocycles. The van der Waals surface area contributed by atoms with E-state index in [1.54, 1.807) is 6.92 Å². The fraction of sp³-hybridized carbons (Fsp3) is 0.364. The van der Waals surface area contributed by atoms with Gasteiger partial charge in [-0.2, -0.15) is 13.2 Å². The minimum atomic E-state index is -4.49. The summed E-state index contributed by atoms with van der Waals surface area (Å²) in [5.41, 5.74) is 4.33. The van der Waals surface area contributed by atoms with E-state index in [1.807, 2.05) is 0 Å². The van der Waals surface area contributed by atoms with Gasteiger partial charge >= 0.3 is 6.18 Å². The van der Waals surface area contributed by atoms with E-state index in [2.05, 4.69) is 5.32 Å². The molecule has 100 valence electrons. The van der Waals surface area contributed by atoms with Gasteiger partial charge in [-0.15, -0.1) is 0 Å². The van der Waals surface area contributed by atoms with E-state index < -0.39 is 23.7 Å². The van der Waals surface area contributed by atoms with Gasteiger partial charge in [-0.1, -0.05) is 18.5 Å². The molecule has 1 rings (SSSR count). The summed E-state index contributed by atoms with van der Waals surface area (Å²) in [5, 5.41) is 2.56. The number of carbonyl (C=O) groups is 1. The number of nitrogens with two attached hydrogens (primary N) is 1. The van der Waals surface area contributed by atoms with Gasteiger partial charge in [0.1, 0.15) is 6.04 Å². The third-order valence-corrected chi connectivity index (χ3v) is 2.54. The van der Waals surface area contributed by atoms with Gasteiger partial charge in [-0.05, 0) is 24.6 Å². The van der Waals surface area contributed by atoms with Crippen molar-refractivity contribution in [1.29, 1.82) is 0 Å². The summed E-state index contributed by atoms with van der Waals surface area (Å²) in [7, 11) is 0. The molecule has 0 spiro atoms. The van der Waals surface area contributed by atoms with Crippen molar-refractivity contribution in [1.82, 2.24) is 0 Å². The van der Waals surface area contributed by atoms with Gasteiger partial charge in [-0.25, -0.2) is 0 Å². The Labute approximate surface area is 107 Å². The fourth-order valence-corrected chi connectivity index (χ4v) is 1.65. The van der Waals surface area contributed by atoms with Crippen LogP contribution >= 0.6 is 11.6 Å². The van der Waals surface area contributed by atoms with Crippen LogP contribution in [-0.4, -0.2) is 11.9 Å². The predicted octanol–water partition coefficient (Wildman–Crippen LogP) is 3.03. The number of anilines is 1. The summed E-state index contributed by atoms with van der Waals surface area (Å²) in [4.78, 5) is 11.0. The summed E-state index contributed by atoms with van der Waals surface area (Å²) >= 11 is 5.61. The molecule has 0 saturated carbocycles. The molecule has 0 aliphatic heterocycles. The van der Waals surface area contributed by atoms with Crippen molar-refractivity contribution in [2.75, 3.05) is 5.32 Å². The quantitative estimate of drug-likeness (QED) is 0.891. The summed E-state index contributed by atoms with van der Waals surface area (Å²) in [6, 6.07) is 2.28. The van der Waals surface area contributed by atoms with E-state index in [1.165, 1.54) is 6.07 Å². The number of rotatable bonds is 4. The Morgan fingerprint density at radius 1 is 1.44 bits per heavy atom. The van der Waals surface area contributed by atoms with Gasteiger partial charge < -0.3 is 11.1 Å². The van der Waals surface area contributed by atoms with Gasteiger partial charge in [0.15, 0.2) is 0 Å². The topological polar surface area (TPSA) is 55.1 Å². The van der Waals surface area contributed by atoms with Crippen molar-refractivity contribution >= 4 is 23.2 Å². The lowest BCUT2D eigenvalue weighted by Crippen LogP contribution is -2.34. The zero-order valence-electron chi connectivity index (χ0n) is 9.51. The highest BCUT2D eigenvalue weighted by atomic mass is 35.5. The third-order valence-electron chi connectivity index (χ3n) is 2.32. The van der Waals surface area contributed by atoms with Gasteiger partial charge in [0.05, 0.1) is 5.56 Å². The number of halogens is 4. The van der Waals surface area contributed by atoms with Crippen molar-refractivity contribution in [2.45, 2.75) is 25.6 Å². The Morgan fingerprint density at radius 3 is 2.50 bits per heavy atom. The molecular formula is C11H12ClF3N2O. The highest BCUT2D eigenvalue weighted by Crippen LogP contribution is 2.33. The maximum absolute atomic E-state index is 12.5. The standard InChI is InChI=1S/C11H12ClF3N2O/c1-2-9(10(16)18)17-8-4-6(11(13,14)15)3-7(12)5-8/h3-5,9,17H,2H2,1H3,(H2,16,18). The Morgan fingerprint density at radius 2 is 2.06 bits per heavy atom.